The Kier molecular flexibility index (Phi) is 3.67. The Morgan fingerprint density at radius 3 is 2.70 bits per heavy atom. The number of ether oxygens (including phenoxy) is 1. The molecule has 5 nitrogen and oxygen atoms in total. The number of halogens is 4. The molecule has 0 unspecified atom stereocenters. The molecule has 2 aromatic rings. The number of alkyl halides is 3. The van der Waals surface area contributed by atoms with E-state index in [1.165, 1.54) is 7.11 Å². The van der Waals surface area contributed by atoms with E-state index in [0.29, 0.717) is 4.68 Å². The molecule has 9 heteroatoms. The second-order valence-corrected chi connectivity index (χ2v) is 3.97. The van der Waals surface area contributed by atoms with E-state index < -0.39 is 22.8 Å². The molecule has 2 rings (SSSR count). The number of hydrogen-bond acceptors (Lipinski definition) is 4. The summed E-state index contributed by atoms with van der Waals surface area (Å²) in [6.45, 7) is 0. The molecule has 0 N–H and O–H groups in total. The summed E-state index contributed by atoms with van der Waals surface area (Å²) in [5, 5.41) is 2.75. The number of methoxy groups -OCH3 is 1. The number of pyridine rings is 1. The molecule has 0 amide bonds. The van der Waals surface area contributed by atoms with E-state index in [2.05, 4.69) is 10.1 Å². The number of carbonyl (C=O) groups excluding carboxylic acids is 1. The third-order valence-electron chi connectivity index (χ3n) is 2.39. The van der Waals surface area contributed by atoms with Crippen LogP contribution in [0.25, 0.3) is 5.82 Å². The second kappa shape index (κ2) is 5.12. The smallest absolute Gasteiger partial charge is 0.420 e. The molecule has 20 heavy (non-hydrogen) atoms. The summed E-state index contributed by atoms with van der Waals surface area (Å²) in [6.07, 6.45) is -3.49. The van der Waals surface area contributed by atoms with Gasteiger partial charge in [0.1, 0.15) is 11.3 Å². The van der Waals surface area contributed by atoms with Crippen molar-refractivity contribution in [3.05, 3.63) is 35.7 Å². The Labute approximate surface area is 115 Å². The van der Waals surface area contributed by atoms with Gasteiger partial charge in [-0.05, 0) is 23.7 Å². The molecule has 0 aliphatic carbocycles. The molecule has 0 radical (unpaired) electrons. The number of aromatic nitrogens is 3. The zero-order valence-electron chi connectivity index (χ0n) is 9.98. The van der Waals surface area contributed by atoms with Crippen molar-refractivity contribution in [1.82, 2.24) is 14.8 Å². The van der Waals surface area contributed by atoms with Crippen LogP contribution in [0.5, 0.6) is 5.88 Å². The SMILES string of the molecule is COc1cc(C(=O)Cl)n(-c2ncccc2C(F)(F)F)n1. The first-order valence-electron chi connectivity index (χ1n) is 5.21. The first kappa shape index (κ1) is 14.3. The highest BCUT2D eigenvalue weighted by molar-refractivity contribution is 6.67. The Hall–Kier alpha value is -2.09. The van der Waals surface area contributed by atoms with Crippen molar-refractivity contribution in [2.24, 2.45) is 0 Å². The lowest BCUT2D eigenvalue weighted by atomic mass is 10.2. The standard InChI is InChI=1S/C11H7ClF3N3O2/c1-20-8-5-7(9(12)19)18(17-8)10-6(11(13,14)15)3-2-4-16-10/h2-5H,1H3. The molecule has 0 bridgehead atoms. The van der Waals surface area contributed by atoms with Crippen LogP contribution in [0, 0.1) is 0 Å². The van der Waals surface area contributed by atoms with Crippen molar-refractivity contribution >= 4 is 16.8 Å². The van der Waals surface area contributed by atoms with Crippen LogP contribution in [0.3, 0.4) is 0 Å². The molecule has 0 aliphatic heterocycles. The fourth-order valence-corrected chi connectivity index (χ4v) is 1.68. The van der Waals surface area contributed by atoms with Gasteiger partial charge >= 0.3 is 6.18 Å². The Morgan fingerprint density at radius 1 is 1.45 bits per heavy atom. The van der Waals surface area contributed by atoms with E-state index in [9.17, 15) is 18.0 Å². The van der Waals surface area contributed by atoms with Crippen molar-refractivity contribution in [1.29, 1.82) is 0 Å². The Morgan fingerprint density at radius 2 is 2.15 bits per heavy atom. The van der Waals surface area contributed by atoms with Gasteiger partial charge in [0.25, 0.3) is 5.24 Å². The predicted octanol–water partition coefficient (Wildman–Crippen LogP) is 2.67. The highest BCUT2D eigenvalue weighted by Gasteiger charge is 2.35. The maximum absolute atomic E-state index is 12.9. The van der Waals surface area contributed by atoms with Crippen molar-refractivity contribution in [3.8, 4) is 11.7 Å². The number of hydrogen-bond donors (Lipinski definition) is 0. The van der Waals surface area contributed by atoms with Crippen LogP contribution >= 0.6 is 11.6 Å². The average molecular weight is 306 g/mol. The van der Waals surface area contributed by atoms with Crippen LogP contribution in [0.2, 0.25) is 0 Å². The van der Waals surface area contributed by atoms with Gasteiger partial charge in [-0.1, -0.05) is 0 Å². The third kappa shape index (κ3) is 2.60. The second-order valence-electron chi connectivity index (χ2n) is 3.63. The zero-order valence-corrected chi connectivity index (χ0v) is 10.7. The van der Waals surface area contributed by atoms with Crippen LogP contribution in [0.15, 0.2) is 24.4 Å². The average Bonchev–Trinajstić information content (AvgIpc) is 2.82. The number of carbonyl (C=O) groups is 1. The first-order valence-corrected chi connectivity index (χ1v) is 5.59. The molecule has 0 atom stereocenters. The molecule has 0 aromatic carbocycles. The molecule has 0 spiro atoms. The van der Waals surface area contributed by atoms with Crippen molar-refractivity contribution < 1.29 is 22.7 Å². The minimum Gasteiger partial charge on any atom is -0.480 e. The van der Waals surface area contributed by atoms with Gasteiger partial charge in [-0.2, -0.15) is 13.2 Å². The summed E-state index contributed by atoms with van der Waals surface area (Å²) in [4.78, 5) is 14.9. The van der Waals surface area contributed by atoms with Crippen LogP contribution in [-0.4, -0.2) is 27.1 Å². The predicted molar refractivity (Wildman–Crippen MR) is 63.1 cm³/mol. The van der Waals surface area contributed by atoms with Gasteiger partial charge in [0, 0.05) is 12.3 Å². The number of rotatable bonds is 3. The summed E-state index contributed by atoms with van der Waals surface area (Å²) in [7, 11) is 1.26. The molecule has 2 aromatic heterocycles. The summed E-state index contributed by atoms with van der Waals surface area (Å²) in [5.74, 6) is -0.597. The highest BCUT2D eigenvalue weighted by atomic mass is 35.5. The summed E-state index contributed by atoms with van der Waals surface area (Å²) in [5.41, 5.74) is -1.31. The third-order valence-corrected chi connectivity index (χ3v) is 2.58. The van der Waals surface area contributed by atoms with E-state index in [1.807, 2.05) is 0 Å². The van der Waals surface area contributed by atoms with Crippen molar-refractivity contribution in [3.63, 3.8) is 0 Å². The molecule has 106 valence electrons. The maximum atomic E-state index is 12.9. The van der Waals surface area contributed by atoms with E-state index in [1.54, 1.807) is 0 Å². The molecule has 0 fully saturated rings. The molecule has 2 heterocycles. The summed E-state index contributed by atoms with van der Waals surface area (Å²) < 4.78 is 44.3. The van der Waals surface area contributed by atoms with Gasteiger partial charge in [-0.25, -0.2) is 9.67 Å². The Bertz CT molecular complexity index is 655. The monoisotopic (exact) mass is 305 g/mol. The Balaban J connectivity index is 2.69. The fourth-order valence-electron chi connectivity index (χ4n) is 1.55. The van der Waals surface area contributed by atoms with Gasteiger partial charge in [0.05, 0.1) is 7.11 Å². The van der Waals surface area contributed by atoms with Crippen LogP contribution in [-0.2, 0) is 6.18 Å². The fraction of sp³-hybridized carbons (Fsp3) is 0.182. The lowest BCUT2D eigenvalue weighted by Crippen LogP contribution is -2.15. The summed E-state index contributed by atoms with van der Waals surface area (Å²) >= 11 is 5.33. The zero-order chi connectivity index (χ0) is 14.9. The summed E-state index contributed by atoms with van der Waals surface area (Å²) in [6, 6.07) is 3.10. The van der Waals surface area contributed by atoms with Crippen LogP contribution in [0.4, 0.5) is 13.2 Å². The molecule has 0 saturated carbocycles. The quantitative estimate of drug-likeness (QED) is 0.818. The topological polar surface area (TPSA) is 57.0 Å². The van der Waals surface area contributed by atoms with Crippen molar-refractivity contribution in [2.45, 2.75) is 6.18 Å². The lowest BCUT2D eigenvalue weighted by molar-refractivity contribution is -0.137. The minimum atomic E-state index is -4.64. The van der Waals surface area contributed by atoms with Gasteiger partial charge in [0.15, 0.2) is 5.82 Å². The van der Waals surface area contributed by atoms with E-state index in [0.717, 1.165) is 24.4 Å². The molecular formula is C11H7ClF3N3O2. The lowest BCUT2D eigenvalue weighted by Gasteiger charge is -2.12. The van der Waals surface area contributed by atoms with E-state index in [-0.39, 0.29) is 11.6 Å². The minimum absolute atomic E-state index is 0.0484. The number of nitrogens with zero attached hydrogens (tertiary/aromatic N) is 3. The molecule has 0 saturated heterocycles. The first-order chi connectivity index (χ1) is 9.34. The van der Waals surface area contributed by atoms with Gasteiger partial charge in [-0.3, -0.25) is 4.79 Å². The van der Waals surface area contributed by atoms with Crippen LogP contribution in [0.1, 0.15) is 16.1 Å². The largest absolute Gasteiger partial charge is 0.480 e. The van der Waals surface area contributed by atoms with Crippen molar-refractivity contribution in [2.75, 3.05) is 7.11 Å². The van der Waals surface area contributed by atoms with Crippen LogP contribution < -0.4 is 4.74 Å². The highest BCUT2D eigenvalue weighted by Crippen LogP contribution is 2.33. The van der Waals surface area contributed by atoms with E-state index >= 15 is 0 Å². The van der Waals surface area contributed by atoms with Gasteiger partial charge in [0.2, 0.25) is 5.88 Å². The normalized spacial score (nSPS) is 11.4. The maximum Gasteiger partial charge on any atom is 0.420 e. The van der Waals surface area contributed by atoms with Gasteiger partial charge < -0.3 is 4.74 Å². The van der Waals surface area contributed by atoms with Gasteiger partial charge in [-0.15, -0.1) is 5.10 Å². The molecular weight excluding hydrogens is 299 g/mol. The van der Waals surface area contributed by atoms with E-state index in [4.69, 9.17) is 16.3 Å². The molecule has 0 aliphatic rings.